The molecule has 0 fully saturated rings. The lowest BCUT2D eigenvalue weighted by Crippen LogP contribution is -1.95. The van der Waals surface area contributed by atoms with E-state index in [0.717, 1.165) is 5.69 Å². The lowest BCUT2D eigenvalue weighted by molar-refractivity contribution is 0.972. The first-order chi connectivity index (χ1) is 15.4. The van der Waals surface area contributed by atoms with Crippen molar-refractivity contribution in [2.75, 3.05) is 5.73 Å². The first-order valence-electron chi connectivity index (χ1n) is 10.6. The number of hydrogen-bond donors (Lipinski definition) is 1. The van der Waals surface area contributed by atoms with Gasteiger partial charge in [0, 0.05) is 55.3 Å². The Labute approximate surface area is 200 Å². The summed E-state index contributed by atoms with van der Waals surface area (Å²) in [6, 6.07) is 17.8. The highest BCUT2D eigenvalue weighted by molar-refractivity contribution is 14.2. The quantitative estimate of drug-likeness (QED) is 0.177. The largest absolute Gasteiger partial charge is 0.399 e. The van der Waals surface area contributed by atoms with Gasteiger partial charge in [-0.2, -0.15) is 0 Å². The maximum Gasteiger partial charge on any atom is 0.0678 e. The van der Waals surface area contributed by atoms with E-state index < -0.39 is 0 Å². The molecule has 3 nitrogen and oxygen atoms in total. The zero-order valence-electron chi connectivity index (χ0n) is 18.6. The maximum atomic E-state index is 6.08. The van der Waals surface area contributed by atoms with Crippen LogP contribution in [-0.2, 0) is 14.1 Å². The number of aryl methyl sites for hydroxylation is 4. The summed E-state index contributed by atoms with van der Waals surface area (Å²) in [6.07, 6.45) is 0. The number of anilines is 1. The molecule has 32 heavy (non-hydrogen) atoms. The summed E-state index contributed by atoms with van der Waals surface area (Å²) in [7, 11) is 4.35. The topological polar surface area (TPSA) is 35.9 Å². The molecule has 160 valence electrons. The average molecular weight is 549 g/mol. The summed E-state index contributed by atoms with van der Waals surface area (Å²) in [4.78, 5) is 0. The van der Waals surface area contributed by atoms with Crippen molar-refractivity contribution >= 4 is 84.4 Å². The predicted octanol–water partition coefficient (Wildman–Crippen LogP) is 7.48. The molecule has 0 aliphatic rings. The number of nitrogens with zero attached hydrogens (tertiary/aromatic N) is 2. The fraction of sp³-hybridized carbons (Fsp3) is 0.148. The molecule has 0 aliphatic heterocycles. The Balaban J connectivity index is 1.71. The van der Waals surface area contributed by atoms with E-state index in [1.54, 1.807) is 0 Å². The van der Waals surface area contributed by atoms with Crippen LogP contribution in [0.5, 0.6) is 0 Å². The number of benzene rings is 3. The van der Waals surface area contributed by atoms with Crippen LogP contribution in [0.3, 0.4) is 0 Å². The minimum Gasteiger partial charge on any atom is -0.399 e. The van der Waals surface area contributed by atoms with E-state index in [4.69, 9.17) is 5.73 Å². The van der Waals surface area contributed by atoms with Gasteiger partial charge in [0.15, 0.2) is 0 Å². The van der Waals surface area contributed by atoms with Gasteiger partial charge in [0.2, 0.25) is 0 Å². The third kappa shape index (κ3) is 2.61. The standard InChI is InChI=1S/C27H24IN3S/c1-14-6-8-17-15(2)25(30(4)22(17)10-14)19-13-24-20(12-21(19)28-3)26-27(32-24)18-9-7-16(29)11-23(18)31(26)5/h6-13H,3,29H2,1-2,4-5H3. The molecule has 3 heterocycles. The van der Waals surface area contributed by atoms with E-state index in [9.17, 15) is 0 Å². The summed E-state index contributed by atoms with van der Waals surface area (Å²) >= 11 is 1.55. The van der Waals surface area contributed by atoms with Crippen LogP contribution in [0, 0.1) is 17.4 Å². The van der Waals surface area contributed by atoms with E-state index in [2.05, 4.69) is 84.1 Å². The molecule has 5 heteroatoms. The smallest absolute Gasteiger partial charge is 0.0678 e. The Bertz CT molecular complexity index is 1750. The highest BCUT2D eigenvalue weighted by Crippen LogP contribution is 2.45. The molecule has 0 amide bonds. The minimum atomic E-state index is -0.340. The van der Waals surface area contributed by atoms with Crippen molar-refractivity contribution in [2.45, 2.75) is 13.8 Å². The van der Waals surface area contributed by atoms with E-state index in [-0.39, 0.29) is 20.7 Å². The molecule has 0 saturated carbocycles. The molecule has 3 aromatic heterocycles. The molecule has 0 spiro atoms. The van der Waals surface area contributed by atoms with Crippen LogP contribution < -0.4 is 5.73 Å². The van der Waals surface area contributed by atoms with Crippen molar-refractivity contribution in [2.24, 2.45) is 14.1 Å². The number of aromatic nitrogens is 2. The van der Waals surface area contributed by atoms with Gasteiger partial charge >= 0.3 is 0 Å². The number of nitrogens with two attached hydrogens (primary N) is 1. The van der Waals surface area contributed by atoms with Gasteiger partial charge in [0.25, 0.3) is 0 Å². The highest BCUT2D eigenvalue weighted by Gasteiger charge is 2.20. The van der Waals surface area contributed by atoms with Crippen molar-refractivity contribution in [1.82, 2.24) is 9.13 Å². The Morgan fingerprint density at radius 1 is 0.875 bits per heavy atom. The third-order valence-corrected chi connectivity index (χ3v) is 9.61. The summed E-state index contributed by atoms with van der Waals surface area (Å²) in [5.41, 5.74) is 16.0. The number of thiophene rings is 1. The van der Waals surface area contributed by atoms with Crippen LogP contribution >= 0.6 is 32.1 Å². The molecule has 0 aliphatic carbocycles. The van der Waals surface area contributed by atoms with Crippen molar-refractivity contribution in [3.05, 3.63) is 63.2 Å². The second kappa shape index (κ2) is 6.93. The molecule has 0 unspecified atom stereocenters. The molecule has 6 rings (SSSR count). The first kappa shape index (κ1) is 20.0. The number of fused-ring (bicyclic) bond motifs is 6. The van der Waals surface area contributed by atoms with Crippen molar-refractivity contribution in [1.29, 1.82) is 0 Å². The van der Waals surface area contributed by atoms with Crippen LogP contribution in [-0.4, -0.2) is 13.6 Å². The summed E-state index contributed by atoms with van der Waals surface area (Å²) in [5.74, 6) is 0. The van der Waals surface area contributed by atoms with Crippen LogP contribution in [0.15, 0.2) is 48.5 Å². The first-order valence-corrected chi connectivity index (χ1v) is 14.0. The van der Waals surface area contributed by atoms with Crippen LogP contribution in [0.1, 0.15) is 11.1 Å². The summed E-state index contributed by atoms with van der Waals surface area (Å²) in [6.45, 7) is 4.42. The SMILES string of the molecule is C=Ic1cc2c(cc1-c1c(C)c3ccc(C)cc3n1C)sc1c3ccc(N)cc3n(C)c21. The van der Waals surface area contributed by atoms with Gasteiger partial charge in [-0.15, -0.1) is 11.3 Å². The molecule has 2 N–H and O–H groups in total. The average Bonchev–Trinajstić information content (AvgIpc) is 3.35. The van der Waals surface area contributed by atoms with Gasteiger partial charge in [-0.1, -0.05) is 37.4 Å². The van der Waals surface area contributed by atoms with Crippen LogP contribution in [0.4, 0.5) is 5.69 Å². The highest BCUT2D eigenvalue weighted by atomic mass is 127. The second-order valence-electron chi connectivity index (χ2n) is 8.63. The number of halogens is 1. The fourth-order valence-electron chi connectivity index (χ4n) is 5.17. The van der Waals surface area contributed by atoms with Gasteiger partial charge in [-0.25, -0.2) is 0 Å². The normalized spacial score (nSPS) is 12.1. The lowest BCUT2D eigenvalue weighted by atomic mass is 10.0. The van der Waals surface area contributed by atoms with Gasteiger partial charge < -0.3 is 14.9 Å². The Morgan fingerprint density at radius 3 is 2.41 bits per heavy atom. The number of rotatable bonds is 2. The van der Waals surface area contributed by atoms with E-state index >= 15 is 0 Å². The van der Waals surface area contributed by atoms with Crippen molar-refractivity contribution < 1.29 is 0 Å². The van der Waals surface area contributed by atoms with Gasteiger partial charge in [0.05, 0.1) is 21.4 Å². The van der Waals surface area contributed by atoms with E-state index in [0.29, 0.717) is 0 Å². The second-order valence-corrected chi connectivity index (χ2v) is 11.6. The molecule has 3 aromatic carbocycles. The summed E-state index contributed by atoms with van der Waals surface area (Å²) < 4.78 is 13.1. The van der Waals surface area contributed by atoms with Crippen molar-refractivity contribution in [3.63, 3.8) is 0 Å². The molecule has 0 bridgehead atoms. The zero-order valence-corrected chi connectivity index (χ0v) is 21.6. The minimum absolute atomic E-state index is 0.340. The molecule has 0 atom stereocenters. The van der Waals surface area contributed by atoms with E-state index in [1.165, 1.54) is 68.1 Å². The van der Waals surface area contributed by atoms with E-state index in [1.807, 2.05) is 17.4 Å². The fourth-order valence-corrected chi connectivity index (χ4v) is 7.81. The summed E-state index contributed by atoms with van der Waals surface area (Å²) in [5, 5.41) is 3.94. The van der Waals surface area contributed by atoms with Crippen molar-refractivity contribution in [3.8, 4) is 11.3 Å². The Hall–Kier alpha value is -2.64. The van der Waals surface area contributed by atoms with Crippen LogP contribution in [0.2, 0.25) is 0 Å². The lowest BCUT2D eigenvalue weighted by Gasteiger charge is -2.11. The molecule has 0 saturated heterocycles. The van der Waals surface area contributed by atoms with Gasteiger partial charge in [0.1, 0.15) is 0 Å². The number of nitrogen functional groups attached to an aromatic ring is 1. The Kier molecular flexibility index (Phi) is 4.33. The molecular formula is C27H24IN3S. The maximum absolute atomic E-state index is 6.08. The number of hydrogen-bond acceptors (Lipinski definition) is 2. The van der Waals surface area contributed by atoms with Crippen LogP contribution in [0.25, 0.3) is 53.4 Å². The third-order valence-electron chi connectivity index (χ3n) is 6.72. The zero-order chi connectivity index (χ0) is 22.3. The molecule has 0 radical (unpaired) electrons. The molecular weight excluding hydrogens is 525 g/mol. The van der Waals surface area contributed by atoms with Gasteiger partial charge in [-0.3, -0.25) is 0 Å². The predicted molar refractivity (Wildman–Crippen MR) is 151 cm³/mol. The Morgan fingerprint density at radius 2 is 1.62 bits per heavy atom. The monoisotopic (exact) mass is 549 g/mol. The molecule has 6 aromatic rings. The van der Waals surface area contributed by atoms with Gasteiger partial charge in [-0.05, 0) is 61.4 Å².